The van der Waals surface area contributed by atoms with Gasteiger partial charge in [-0.3, -0.25) is 9.79 Å². The van der Waals surface area contributed by atoms with Crippen molar-refractivity contribution in [3.8, 4) is 0 Å². The Morgan fingerprint density at radius 2 is 1.85 bits per heavy atom. The summed E-state index contributed by atoms with van der Waals surface area (Å²) in [6.07, 6.45) is 0. The Bertz CT molecular complexity index is 780. The smallest absolute Gasteiger partial charge is 0.251 e. The third-order valence-corrected chi connectivity index (χ3v) is 4.77. The highest BCUT2D eigenvalue weighted by atomic mass is 127. The van der Waals surface area contributed by atoms with Crippen LogP contribution in [0.15, 0.2) is 40.7 Å². The van der Waals surface area contributed by atoms with Gasteiger partial charge in [-0.05, 0) is 62.4 Å². The molecule has 0 saturated heterocycles. The molecule has 1 amide bonds. The number of hydrogen-bond acceptors (Lipinski definition) is 3. The summed E-state index contributed by atoms with van der Waals surface area (Å²) in [7, 11) is 1.75. The Labute approximate surface area is 183 Å². The van der Waals surface area contributed by atoms with E-state index < -0.39 is 0 Å². The van der Waals surface area contributed by atoms with Crippen LogP contribution in [-0.4, -0.2) is 24.5 Å². The van der Waals surface area contributed by atoms with Crippen molar-refractivity contribution in [2.75, 3.05) is 7.05 Å². The number of hydrogen-bond donors (Lipinski definition) is 3. The molecule has 0 fully saturated rings. The Kier molecular flexibility index (Phi) is 9.25. The molecule has 1 heterocycles. The van der Waals surface area contributed by atoms with Gasteiger partial charge in [0.1, 0.15) is 0 Å². The molecule has 0 unspecified atom stereocenters. The van der Waals surface area contributed by atoms with E-state index in [2.05, 4.69) is 39.3 Å². The van der Waals surface area contributed by atoms with Crippen molar-refractivity contribution in [3.05, 3.63) is 57.3 Å². The lowest BCUT2D eigenvalue weighted by Gasteiger charge is -2.20. The fourth-order valence-electron chi connectivity index (χ4n) is 2.39. The molecule has 0 aliphatic carbocycles. The first-order valence-corrected chi connectivity index (χ1v) is 9.55. The van der Waals surface area contributed by atoms with E-state index in [1.54, 1.807) is 18.4 Å². The first kappa shape index (κ1) is 23.4. The highest BCUT2D eigenvalue weighted by Crippen LogP contribution is 2.14. The lowest BCUT2D eigenvalue weighted by Crippen LogP contribution is -2.40. The van der Waals surface area contributed by atoms with Gasteiger partial charge in [-0.1, -0.05) is 12.1 Å². The molecular formula is C20H29IN4OS. The van der Waals surface area contributed by atoms with Gasteiger partial charge in [0.2, 0.25) is 0 Å². The number of aliphatic imine (C=N–C) groups is 1. The summed E-state index contributed by atoms with van der Waals surface area (Å²) in [5.41, 5.74) is 2.73. The number of halogens is 1. The summed E-state index contributed by atoms with van der Waals surface area (Å²) in [6, 6.07) is 9.76. The van der Waals surface area contributed by atoms with E-state index in [9.17, 15) is 4.79 Å². The Morgan fingerprint density at radius 3 is 2.44 bits per heavy atom. The maximum Gasteiger partial charge on any atom is 0.251 e. The van der Waals surface area contributed by atoms with E-state index in [1.165, 1.54) is 10.4 Å². The third kappa shape index (κ3) is 7.88. The van der Waals surface area contributed by atoms with Crippen LogP contribution in [0, 0.1) is 6.92 Å². The number of benzene rings is 1. The monoisotopic (exact) mass is 500 g/mol. The molecule has 0 bridgehead atoms. The van der Waals surface area contributed by atoms with Gasteiger partial charge < -0.3 is 16.0 Å². The molecule has 27 heavy (non-hydrogen) atoms. The van der Waals surface area contributed by atoms with Crippen molar-refractivity contribution >= 4 is 47.2 Å². The molecule has 0 aliphatic heterocycles. The van der Waals surface area contributed by atoms with Crippen molar-refractivity contribution < 1.29 is 4.79 Å². The van der Waals surface area contributed by atoms with E-state index in [0.717, 1.165) is 18.1 Å². The minimum absolute atomic E-state index is 0. The van der Waals surface area contributed by atoms with Crippen molar-refractivity contribution in [2.24, 2.45) is 4.99 Å². The average molecular weight is 500 g/mol. The van der Waals surface area contributed by atoms with E-state index in [1.807, 2.05) is 45.0 Å². The van der Waals surface area contributed by atoms with Gasteiger partial charge in [0.25, 0.3) is 5.91 Å². The zero-order valence-corrected chi connectivity index (χ0v) is 19.7. The molecule has 148 valence electrons. The van der Waals surface area contributed by atoms with Gasteiger partial charge in [-0.25, -0.2) is 0 Å². The number of carbonyl (C=O) groups excluding carboxylic acids is 1. The molecule has 0 radical (unpaired) electrons. The average Bonchev–Trinajstić information content (AvgIpc) is 2.99. The number of carbonyl (C=O) groups is 1. The van der Waals surface area contributed by atoms with Crippen LogP contribution in [0.3, 0.4) is 0 Å². The minimum atomic E-state index is -0.253. The van der Waals surface area contributed by atoms with Crippen molar-refractivity contribution in [2.45, 2.75) is 46.3 Å². The van der Waals surface area contributed by atoms with Crippen LogP contribution in [0.2, 0.25) is 0 Å². The standard InChI is InChI=1S/C20H28N4OS.HI/c1-14-9-10-26-17(14)13-23-19(21-5)22-12-15-7-6-8-16(11-15)18(25)24-20(2,3)4;/h6-11H,12-13H2,1-5H3,(H,24,25)(H2,21,22,23);1H. The summed E-state index contributed by atoms with van der Waals surface area (Å²) in [6.45, 7) is 9.37. The van der Waals surface area contributed by atoms with Gasteiger partial charge in [-0.2, -0.15) is 0 Å². The molecule has 0 spiro atoms. The van der Waals surface area contributed by atoms with Crippen LogP contribution < -0.4 is 16.0 Å². The Morgan fingerprint density at radius 1 is 1.15 bits per heavy atom. The van der Waals surface area contributed by atoms with Gasteiger partial charge in [0, 0.05) is 29.6 Å². The number of nitrogens with zero attached hydrogens (tertiary/aromatic N) is 1. The minimum Gasteiger partial charge on any atom is -0.352 e. The lowest BCUT2D eigenvalue weighted by atomic mass is 10.1. The Balaban J connectivity index is 0.00000364. The number of guanidine groups is 1. The van der Waals surface area contributed by atoms with E-state index in [4.69, 9.17) is 0 Å². The predicted octanol–water partition coefficient (Wildman–Crippen LogP) is 4.07. The fraction of sp³-hybridized carbons (Fsp3) is 0.400. The number of nitrogens with one attached hydrogen (secondary N) is 3. The van der Waals surface area contributed by atoms with Crippen LogP contribution >= 0.6 is 35.3 Å². The van der Waals surface area contributed by atoms with Gasteiger partial charge in [0.15, 0.2) is 5.96 Å². The topological polar surface area (TPSA) is 65.5 Å². The number of amides is 1. The molecule has 2 rings (SSSR count). The van der Waals surface area contributed by atoms with Gasteiger partial charge >= 0.3 is 0 Å². The molecule has 0 saturated carbocycles. The molecule has 0 aliphatic rings. The van der Waals surface area contributed by atoms with Crippen LogP contribution in [0.4, 0.5) is 0 Å². The van der Waals surface area contributed by atoms with Crippen molar-refractivity contribution in [3.63, 3.8) is 0 Å². The summed E-state index contributed by atoms with van der Waals surface area (Å²) in [5, 5.41) is 11.7. The molecule has 5 nitrogen and oxygen atoms in total. The summed E-state index contributed by atoms with van der Waals surface area (Å²) >= 11 is 1.74. The number of rotatable bonds is 5. The van der Waals surface area contributed by atoms with Crippen LogP contribution in [0.1, 0.15) is 47.1 Å². The molecule has 1 aromatic heterocycles. The predicted molar refractivity (Wildman–Crippen MR) is 125 cm³/mol. The molecule has 3 N–H and O–H groups in total. The SMILES string of the molecule is CN=C(NCc1cccc(C(=O)NC(C)(C)C)c1)NCc1sccc1C.I. The van der Waals surface area contributed by atoms with E-state index in [0.29, 0.717) is 12.1 Å². The zero-order valence-electron chi connectivity index (χ0n) is 16.6. The normalized spacial score (nSPS) is 11.5. The lowest BCUT2D eigenvalue weighted by molar-refractivity contribution is 0.0919. The number of thiophene rings is 1. The third-order valence-electron chi connectivity index (χ3n) is 3.75. The molecule has 1 aromatic carbocycles. The van der Waals surface area contributed by atoms with Crippen LogP contribution in [0.25, 0.3) is 0 Å². The largest absolute Gasteiger partial charge is 0.352 e. The maximum absolute atomic E-state index is 12.3. The molecule has 0 atom stereocenters. The summed E-state index contributed by atoms with van der Waals surface area (Å²) in [5.74, 6) is 0.678. The quantitative estimate of drug-likeness (QED) is 0.330. The Hall–Kier alpha value is -1.61. The van der Waals surface area contributed by atoms with Crippen LogP contribution in [-0.2, 0) is 13.1 Å². The highest BCUT2D eigenvalue weighted by molar-refractivity contribution is 14.0. The molecular weight excluding hydrogens is 471 g/mol. The van der Waals surface area contributed by atoms with Crippen molar-refractivity contribution in [1.82, 2.24) is 16.0 Å². The summed E-state index contributed by atoms with van der Waals surface area (Å²) in [4.78, 5) is 17.9. The van der Waals surface area contributed by atoms with E-state index >= 15 is 0 Å². The second kappa shape index (κ2) is 10.7. The number of aryl methyl sites for hydroxylation is 1. The van der Waals surface area contributed by atoms with Crippen LogP contribution in [0.5, 0.6) is 0 Å². The van der Waals surface area contributed by atoms with E-state index in [-0.39, 0.29) is 35.4 Å². The second-order valence-electron chi connectivity index (χ2n) is 7.21. The van der Waals surface area contributed by atoms with Gasteiger partial charge in [0.05, 0.1) is 6.54 Å². The second-order valence-corrected chi connectivity index (χ2v) is 8.21. The zero-order chi connectivity index (χ0) is 19.2. The molecule has 7 heteroatoms. The molecule has 2 aromatic rings. The summed E-state index contributed by atoms with van der Waals surface area (Å²) < 4.78 is 0. The van der Waals surface area contributed by atoms with Crippen molar-refractivity contribution in [1.29, 1.82) is 0 Å². The first-order valence-electron chi connectivity index (χ1n) is 8.67. The first-order chi connectivity index (χ1) is 12.3. The fourth-order valence-corrected chi connectivity index (χ4v) is 3.24. The maximum atomic E-state index is 12.3. The highest BCUT2D eigenvalue weighted by Gasteiger charge is 2.15. The van der Waals surface area contributed by atoms with Gasteiger partial charge in [-0.15, -0.1) is 35.3 Å².